The predicted octanol–water partition coefficient (Wildman–Crippen LogP) is 6.72. The number of nitriles is 1. The molecule has 37 heavy (non-hydrogen) atoms. The van der Waals surface area contributed by atoms with Crippen LogP contribution in [0.5, 0.6) is 0 Å². The van der Waals surface area contributed by atoms with Gasteiger partial charge in [0.25, 0.3) is 5.91 Å². The van der Waals surface area contributed by atoms with Crippen LogP contribution in [0, 0.1) is 25.2 Å². The minimum Gasteiger partial charge on any atom is -0.353 e. The highest BCUT2D eigenvalue weighted by atomic mass is 35.5. The topological polar surface area (TPSA) is 94.0 Å². The summed E-state index contributed by atoms with van der Waals surface area (Å²) in [6.45, 7) is 5.64. The first-order chi connectivity index (χ1) is 17.8. The van der Waals surface area contributed by atoms with Crippen LogP contribution < -0.4 is 16.0 Å². The molecule has 0 spiro atoms. The summed E-state index contributed by atoms with van der Waals surface area (Å²) in [6.07, 6.45) is 0. The Hall–Kier alpha value is -3.51. The van der Waals surface area contributed by atoms with E-state index in [1.165, 1.54) is 23.1 Å². The molecular weight excluding hydrogens is 524 g/mol. The summed E-state index contributed by atoms with van der Waals surface area (Å²) in [4.78, 5) is 27.0. The molecule has 0 aliphatic carbocycles. The monoisotopic (exact) mass is 548 g/mol. The molecule has 0 fully saturated rings. The number of benzene rings is 2. The number of allylic oxidation sites excluding steroid dienone is 2. The molecule has 188 valence electrons. The van der Waals surface area contributed by atoms with Crippen molar-refractivity contribution in [2.45, 2.75) is 26.7 Å². The molecule has 1 aliphatic heterocycles. The van der Waals surface area contributed by atoms with Crippen molar-refractivity contribution in [2.24, 2.45) is 0 Å². The maximum atomic E-state index is 13.5. The molecule has 6 nitrogen and oxygen atoms in total. The molecule has 1 atom stereocenters. The van der Waals surface area contributed by atoms with Gasteiger partial charge in [0.1, 0.15) is 0 Å². The van der Waals surface area contributed by atoms with Gasteiger partial charge in [0, 0.05) is 32.5 Å². The zero-order chi connectivity index (χ0) is 26.5. The quantitative estimate of drug-likeness (QED) is 0.304. The largest absolute Gasteiger partial charge is 0.353 e. The summed E-state index contributed by atoms with van der Waals surface area (Å²) in [6, 6.07) is 19.0. The number of anilines is 2. The number of amides is 2. The van der Waals surface area contributed by atoms with Crippen molar-refractivity contribution in [3.8, 4) is 6.07 Å². The Bertz CT molecular complexity index is 1460. The Morgan fingerprint density at radius 3 is 2.54 bits per heavy atom. The zero-order valence-electron chi connectivity index (χ0n) is 20.5. The molecule has 0 bridgehead atoms. The second kappa shape index (κ2) is 11.7. The maximum Gasteiger partial charge on any atom is 0.254 e. The minimum absolute atomic E-state index is 0.0776. The van der Waals surface area contributed by atoms with Crippen molar-refractivity contribution in [3.05, 3.63) is 103 Å². The molecule has 0 radical (unpaired) electrons. The van der Waals surface area contributed by atoms with Crippen LogP contribution in [0.25, 0.3) is 0 Å². The number of para-hydroxylation sites is 1. The van der Waals surface area contributed by atoms with Gasteiger partial charge in [-0.15, -0.1) is 11.3 Å². The molecule has 4 rings (SSSR count). The molecule has 9 heteroatoms. The van der Waals surface area contributed by atoms with Crippen LogP contribution in [-0.4, -0.2) is 17.6 Å². The van der Waals surface area contributed by atoms with E-state index in [4.69, 9.17) is 11.6 Å². The number of nitrogens with zero attached hydrogens (tertiary/aromatic N) is 1. The number of rotatable bonds is 7. The molecule has 0 unspecified atom stereocenters. The lowest BCUT2D eigenvalue weighted by Crippen LogP contribution is -2.31. The van der Waals surface area contributed by atoms with E-state index in [0.717, 1.165) is 16.0 Å². The number of thioether (sulfide) groups is 1. The third-order valence-corrected chi connectivity index (χ3v) is 8.28. The SMILES string of the molecule is CC1=C(C(=O)Nc2ccccc2C)[C@@H](c2cccs2)C(C#N)=C(SCC(=O)Nc2ccc(C)c(Cl)c2)N1. The maximum absolute atomic E-state index is 13.5. The summed E-state index contributed by atoms with van der Waals surface area (Å²) in [5, 5.41) is 22.3. The number of hydrogen-bond donors (Lipinski definition) is 3. The lowest BCUT2D eigenvalue weighted by Gasteiger charge is -2.29. The molecule has 1 aliphatic rings. The van der Waals surface area contributed by atoms with Crippen molar-refractivity contribution in [1.29, 1.82) is 5.26 Å². The number of thiophene rings is 1. The van der Waals surface area contributed by atoms with E-state index in [1.54, 1.807) is 12.1 Å². The van der Waals surface area contributed by atoms with Gasteiger partial charge in [-0.3, -0.25) is 9.59 Å². The minimum atomic E-state index is -0.545. The summed E-state index contributed by atoms with van der Waals surface area (Å²) < 4.78 is 0. The van der Waals surface area contributed by atoms with E-state index in [0.29, 0.717) is 38.3 Å². The lowest BCUT2D eigenvalue weighted by atomic mass is 9.86. The molecule has 2 amide bonds. The fourth-order valence-corrected chi connectivity index (χ4v) is 5.89. The Morgan fingerprint density at radius 2 is 1.86 bits per heavy atom. The number of aryl methyl sites for hydroxylation is 2. The third-order valence-electron chi connectivity index (χ3n) is 5.92. The Kier molecular flexibility index (Phi) is 8.39. The normalized spacial score (nSPS) is 15.2. The van der Waals surface area contributed by atoms with E-state index in [-0.39, 0.29) is 17.6 Å². The number of hydrogen-bond acceptors (Lipinski definition) is 6. The fraction of sp³-hybridized carbons (Fsp3) is 0.179. The Labute approximate surface area is 229 Å². The smallest absolute Gasteiger partial charge is 0.254 e. The average Bonchev–Trinajstić information content (AvgIpc) is 3.40. The van der Waals surface area contributed by atoms with Gasteiger partial charge in [0.15, 0.2) is 0 Å². The van der Waals surface area contributed by atoms with Crippen LogP contribution in [0.3, 0.4) is 0 Å². The summed E-state index contributed by atoms with van der Waals surface area (Å²) in [7, 11) is 0. The first kappa shape index (κ1) is 26.6. The van der Waals surface area contributed by atoms with Gasteiger partial charge >= 0.3 is 0 Å². The van der Waals surface area contributed by atoms with Crippen molar-refractivity contribution >= 4 is 57.9 Å². The van der Waals surface area contributed by atoms with Crippen LogP contribution >= 0.6 is 34.7 Å². The fourth-order valence-electron chi connectivity index (χ4n) is 3.98. The van der Waals surface area contributed by atoms with Gasteiger partial charge in [-0.05, 0) is 61.5 Å². The Morgan fingerprint density at radius 1 is 1.08 bits per heavy atom. The van der Waals surface area contributed by atoms with E-state index < -0.39 is 5.92 Å². The van der Waals surface area contributed by atoms with E-state index >= 15 is 0 Å². The molecule has 0 saturated carbocycles. The van der Waals surface area contributed by atoms with Crippen molar-refractivity contribution in [1.82, 2.24) is 5.32 Å². The highest BCUT2D eigenvalue weighted by Crippen LogP contribution is 2.42. The summed E-state index contributed by atoms with van der Waals surface area (Å²) in [5.74, 6) is -0.970. The van der Waals surface area contributed by atoms with Crippen molar-refractivity contribution in [3.63, 3.8) is 0 Å². The molecule has 0 saturated heterocycles. The van der Waals surface area contributed by atoms with Gasteiger partial charge in [-0.1, -0.05) is 53.7 Å². The van der Waals surface area contributed by atoms with Crippen molar-refractivity contribution < 1.29 is 9.59 Å². The number of carbonyl (C=O) groups is 2. The second-order valence-corrected chi connectivity index (χ2v) is 10.9. The van der Waals surface area contributed by atoms with E-state index in [1.807, 2.05) is 68.6 Å². The standard InChI is InChI=1S/C28H25ClN4O2S2/c1-16-10-11-19(13-21(16)29)32-24(34)15-37-28-20(14-30)26(23-9-6-12-36-23)25(18(3)31-28)27(35)33-22-8-5-4-7-17(22)2/h4-13,26,31H,15H2,1-3H3,(H,32,34)(H,33,35)/t26-/m1/s1. The molecule has 1 aromatic heterocycles. The number of carbonyl (C=O) groups excluding carboxylic acids is 2. The first-order valence-corrected chi connectivity index (χ1v) is 13.7. The van der Waals surface area contributed by atoms with Crippen LogP contribution in [0.4, 0.5) is 11.4 Å². The molecule has 2 heterocycles. The highest BCUT2D eigenvalue weighted by molar-refractivity contribution is 8.03. The van der Waals surface area contributed by atoms with Crippen LogP contribution in [-0.2, 0) is 9.59 Å². The Balaban J connectivity index is 1.58. The van der Waals surface area contributed by atoms with Crippen LogP contribution in [0.2, 0.25) is 5.02 Å². The number of dihydropyridines is 1. The zero-order valence-corrected chi connectivity index (χ0v) is 22.9. The molecular formula is C28H25ClN4O2S2. The number of halogens is 1. The lowest BCUT2D eigenvalue weighted by molar-refractivity contribution is -0.114. The predicted molar refractivity (Wildman–Crippen MR) is 153 cm³/mol. The summed E-state index contributed by atoms with van der Waals surface area (Å²) >= 11 is 8.88. The number of nitrogens with one attached hydrogen (secondary N) is 3. The summed E-state index contributed by atoms with van der Waals surface area (Å²) in [5.41, 5.74) is 4.71. The molecule has 3 N–H and O–H groups in total. The van der Waals surface area contributed by atoms with Crippen LogP contribution in [0.15, 0.2) is 81.8 Å². The average molecular weight is 549 g/mol. The first-order valence-electron chi connectivity index (χ1n) is 11.5. The van der Waals surface area contributed by atoms with Crippen LogP contribution in [0.1, 0.15) is 28.8 Å². The van der Waals surface area contributed by atoms with Crippen molar-refractivity contribution in [2.75, 3.05) is 16.4 Å². The third kappa shape index (κ3) is 6.08. The van der Waals surface area contributed by atoms with E-state index in [2.05, 4.69) is 22.0 Å². The molecule has 2 aromatic carbocycles. The van der Waals surface area contributed by atoms with Gasteiger partial charge < -0.3 is 16.0 Å². The highest BCUT2D eigenvalue weighted by Gasteiger charge is 2.35. The van der Waals surface area contributed by atoms with Gasteiger partial charge in [0.05, 0.1) is 28.3 Å². The molecule has 3 aromatic rings. The van der Waals surface area contributed by atoms with Gasteiger partial charge in [0.2, 0.25) is 5.91 Å². The van der Waals surface area contributed by atoms with Gasteiger partial charge in [-0.25, -0.2) is 0 Å². The van der Waals surface area contributed by atoms with E-state index in [9.17, 15) is 14.9 Å². The van der Waals surface area contributed by atoms with Gasteiger partial charge in [-0.2, -0.15) is 5.26 Å². The second-order valence-electron chi connectivity index (χ2n) is 8.54.